The third-order valence-corrected chi connectivity index (χ3v) is 12.4. The number of hydrogen-bond donors (Lipinski definition) is 0. The third kappa shape index (κ3) is 45.8. The summed E-state index contributed by atoms with van der Waals surface area (Å²) in [5, 5.41) is 0. The van der Waals surface area contributed by atoms with Crippen molar-refractivity contribution in [1.29, 1.82) is 0 Å². The van der Waals surface area contributed by atoms with Crippen molar-refractivity contribution < 1.29 is 28.6 Å². The van der Waals surface area contributed by atoms with Crippen LogP contribution in [0.25, 0.3) is 0 Å². The number of rotatable bonds is 48. The van der Waals surface area contributed by atoms with Crippen LogP contribution >= 0.6 is 0 Å². The molecule has 0 N–H and O–H groups in total. The normalized spacial score (nSPS) is 12.4. The van der Waals surface area contributed by atoms with E-state index in [-0.39, 0.29) is 31.1 Å². The Morgan fingerprint density at radius 2 is 0.593 bits per heavy atom. The number of carbonyl (C=O) groups is 3. The van der Waals surface area contributed by atoms with Gasteiger partial charge >= 0.3 is 17.9 Å². The van der Waals surface area contributed by atoms with Crippen molar-refractivity contribution in [2.75, 3.05) is 13.2 Å². The number of unbranched alkanes of at least 4 members (excludes halogenated alkanes) is 34. The van der Waals surface area contributed by atoms with Crippen molar-refractivity contribution in [3.63, 3.8) is 0 Å². The van der Waals surface area contributed by atoms with E-state index in [2.05, 4.69) is 27.7 Å². The van der Waals surface area contributed by atoms with E-state index in [0.29, 0.717) is 19.3 Å². The molecule has 0 saturated carbocycles. The van der Waals surface area contributed by atoms with Crippen molar-refractivity contribution in [3.8, 4) is 0 Å². The molecule has 2 atom stereocenters. The van der Waals surface area contributed by atoms with Gasteiger partial charge in [0.2, 0.25) is 0 Å². The molecule has 0 radical (unpaired) electrons. The third-order valence-electron chi connectivity index (χ3n) is 12.4. The molecule has 0 amide bonds. The van der Waals surface area contributed by atoms with E-state index in [1.807, 2.05) is 0 Å². The molecule has 6 nitrogen and oxygen atoms in total. The zero-order valence-electron chi connectivity index (χ0n) is 40.2. The largest absolute Gasteiger partial charge is 0.462 e. The average molecular weight is 835 g/mol. The van der Waals surface area contributed by atoms with Crippen LogP contribution in [0, 0.1) is 5.92 Å². The number of carbonyl (C=O) groups excluding carboxylic acids is 3. The van der Waals surface area contributed by atoms with Gasteiger partial charge in [-0.2, -0.15) is 0 Å². The number of ether oxygens (including phenoxy) is 3. The first kappa shape index (κ1) is 57.4. The lowest BCUT2D eigenvalue weighted by Gasteiger charge is -2.18. The van der Waals surface area contributed by atoms with Crippen molar-refractivity contribution >= 4 is 17.9 Å². The standard InChI is InChI=1S/C53H102O6/c1-5-8-10-12-14-16-18-21-25-29-33-37-41-45-52(55)58-48-50(47-57-51(54)44-40-36-32-28-17-15-13-11-9-6-2)59-53(56)46-42-38-34-30-26-23-20-19-22-24-27-31-35-39-43-49(4)7-3/h49-50H,5-48H2,1-4H3/t49?,50-/m1/s1. The Labute approximate surface area is 368 Å². The molecular formula is C53H102O6. The first-order valence-corrected chi connectivity index (χ1v) is 26.4. The lowest BCUT2D eigenvalue weighted by atomic mass is 9.99. The maximum atomic E-state index is 12.8. The van der Waals surface area contributed by atoms with E-state index in [1.165, 1.54) is 193 Å². The van der Waals surface area contributed by atoms with Gasteiger partial charge < -0.3 is 14.2 Å². The predicted molar refractivity (Wildman–Crippen MR) is 252 cm³/mol. The Morgan fingerprint density at radius 1 is 0.339 bits per heavy atom. The van der Waals surface area contributed by atoms with E-state index in [4.69, 9.17) is 14.2 Å². The molecule has 0 aromatic heterocycles. The lowest BCUT2D eigenvalue weighted by Crippen LogP contribution is -2.30. The second kappa shape index (κ2) is 47.5. The highest BCUT2D eigenvalue weighted by Gasteiger charge is 2.19. The predicted octanol–water partition coefficient (Wildman–Crippen LogP) is 17.1. The minimum Gasteiger partial charge on any atom is -0.462 e. The van der Waals surface area contributed by atoms with Gasteiger partial charge in [-0.3, -0.25) is 14.4 Å². The Balaban J connectivity index is 4.27. The van der Waals surface area contributed by atoms with Crippen LogP contribution in [0.3, 0.4) is 0 Å². The zero-order valence-corrected chi connectivity index (χ0v) is 40.2. The summed E-state index contributed by atoms with van der Waals surface area (Å²) in [4.78, 5) is 37.9. The van der Waals surface area contributed by atoms with Gasteiger partial charge in [0, 0.05) is 19.3 Å². The first-order chi connectivity index (χ1) is 28.9. The average Bonchev–Trinajstić information content (AvgIpc) is 3.23. The first-order valence-electron chi connectivity index (χ1n) is 26.4. The van der Waals surface area contributed by atoms with Crippen molar-refractivity contribution in [2.24, 2.45) is 5.92 Å². The van der Waals surface area contributed by atoms with Gasteiger partial charge in [0.1, 0.15) is 13.2 Å². The van der Waals surface area contributed by atoms with E-state index < -0.39 is 6.10 Å². The molecule has 0 bridgehead atoms. The molecule has 0 aliphatic carbocycles. The molecule has 0 aromatic carbocycles. The van der Waals surface area contributed by atoms with E-state index in [0.717, 1.165) is 63.7 Å². The number of esters is 3. The fourth-order valence-electron chi connectivity index (χ4n) is 8.01. The van der Waals surface area contributed by atoms with Crippen LogP contribution in [-0.4, -0.2) is 37.2 Å². The van der Waals surface area contributed by atoms with E-state index in [9.17, 15) is 14.4 Å². The second-order valence-corrected chi connectivity index (χ2v) is 18.4. The van der Waals surface area contributed by atoms with Gasteiger partial charge in [-0.15, -0.1) is 0 Å². The summed E-state index contributed by atoms with van der Waals surface area (Å²) in [6.45, 7) is 9.06. The van der Waals surface area contributed by atoms with Gasteiger partial charge in [0.25, 0.3) is 0 Å². The zero-order chi connectivity index (χ0) is 43.1. The molecule has 59 heavy (non-hydrogen) atoms. The molecule has 0 rings (SSSR count). The van der Waals surface area contributed by atoms with Gasteiger partial charge in [-0.25, -0.2) is 0 Å². The highest BCUT2D eigenvalue weighted by Crippen LogP contribution is 2.18. The van der Waals surface area contributed by atoms with Crippen LogP contribution in [-0.2, 0) is 28.6 Å². The lowest BCUT2D eigenvalue weighted by molar-refractivity contribution is -0.167. The van der Waals surface area contributed by atoms with Crippen LogP contribution in [0.5, 0.6) is 0 Å². The summed E-state index contributed by atoms with van der Waals surface area (Å²) < 4.78 is 16.8. The monoisotopic (exact) mass is 835 g/mol. The highest BCUT2D eigenvalue weighted by molar-refractivity contribution is 5.71. The molecule has 0 saturated heterocycles. The maximum Gasteiger partial charge on any atom is 0.306 e. The Kier molecular flexibility index (Phi) is 46.2. The van der Waals surface area contributed by atoms with E-state index in [1.54, 1.807) is 0 Å². The van der Waals surface area contributed by atoms with Crippen molar-refractivity contribution in [2.45, 2.75) is 303 Å². The van der Waals surface area contributed by atoms with Crippen molar-refractivity contribution in [1.82, 2.24) is 0 Å². The Bertz CT molecular complexity index is 889. The molecular weight excluding hydrogens is 733 g/mol. The summed E-state index contributed by atoms with van der Waals surface area (Å²) in [6, 6.07) is 0. The summed E-state index contributed by atoms with van der Waals surface area (Å²) in [5.41, 5.74) is 0. The summed E-state index contributed by atoms with van der Waals surface area (Å²) in [6.07, 6.45) is 49.4. The maximum absolute atomic E-state index is 12.8. The summed E-state index contributed by atoms with van der Waals surface area (Å²) in [5.74, 6) is 0.0504. The molecule has 0 fully saturated rings. The van der Waals surface area contributed by atoms with Crippen LogP contribution in [0.4, 0.5) is 0 Å². The molecule has 0 aliphatic heterocycles. The van der Waals surface area contributed by atoms with Gasteiger partial charge in [-0.1, -0.05) is 259 Å². The molecule has 0 heterocycles. The quantitative estimate of drug-likeness (QED) is 0.0345. The smallest absolute Gasteiger partial charge is 0.306 e. The summed E-state index contributed by atoms with van der Waals surface area (Å²) >= 11 is 0. The van der Waals surface area contributed by atoms with Gasteiger partial charge in [0.15, 0.2) is 6.10 Å². The second-order valence-electron chi connectivity index (χ2n) is 18.4. The van der Waals surface area contributed by atoms with Crippen LogP contribution in [0.2, 0.25) is 0 Å². The van der Waals surface area contributed by atoms with Crippen LogP contribution in [0.1, 0.15) is 297 Å². The molecule has 0 aromatic rings. The molecule has 6 heteroatoms. The Morgan fingerprint density at radius 3 is 0.881 bits per heavy atom. The molecule has 0 aliphatic rings. The fraction of sp³-hybridized carbons (Fsp3) is 0.943. The minimum atomic E-state index is -0.760. The molecule has 1 unspecified atom stereocenters. The van der Waals surface area contributed by atoms with Gasteiger partial charge in [0.05, 0.1) is 0 Å². The fourth-order valence-corrected chi connectivity index (χ4v) is 8.01. The van der Waals surface area contributed by atoms with Crippen molar-refractivity contribution in [3.05, 3.63) is 0 Å². The topological polar surface area (TPSA) is 78.9 Å². The molecule has 350 valence electrons. The molecule has 0 spiro atoms. The minimum absolute atomic E-state index is 0.0626. The van der Waals surface area contributed by atoms with Crippen LogP contribution < -0.4 is 0 Å². The van der Waals surface area contributed by atoms with Crippen LogP contribution in [0.15, 0.2) is 0 Å². The number of hydrogen-bond acceptors (Lipinski definition) is 6. The highest BCUT2D eigenvalue weighted by atomic mass is 16.6. The Hall–Kier alpha value is -1.59. The summed E-state index contributed by atoms with van der Waals surface area (Å²) in [7, 11) is 0. The van der Waals surface area contributed by atoms with E-state index >= 15 is 0 Å². The van der Waals surface area contributed by atoms with Gasteiger partial charge in [-0.05, 0) is 25.2 Å². The SMILES string of the molecule is CCCCCCCCCCCCCCCC(=O)OC[C@@H](COC(=O)CCCCCCCCCCCC)OC(=O)CCCCCCCCCCCCCCCCC(C)CC.